The van der Waals surface area contributed by atoms with E-state index in [0.29, 0.717) is 36.4 Å². The lowest BCUT2D eigenvalue weighted by molar-refractivity contribution is -0.142. The SMILES string of the molecule is C=CCN1CC[C@]23c4c5c(O)cc(OC)c4O[C@H]2[C@H](N(CC)C(=O)CCCCCCCc2ccccc2)CC[C@H]3[C@H]1C5. The van der Waals surface area contributed by atoms with Crippen molar-refractivity contribution in [1.82, 2.24) is 9.80 Å². The molecule has 0 radical (unpaired) electrons. The number of hydrogen-bond donors (Lipinski definition) is 1. The topological polar surface area (TPSA) is 62.2 Å². The van der Waals surface area contributed by atoms with Crippen molar-refractivity contribution >= 4 is 5.91 Å². The second-order valence-corrected chi connectivity index (χ2v) is 12.8. The molecule has 0 unspecified atom stereocenters. The Kier molecular flexibility index (Phi) is 8.53. The predicted molar refractivity (Wildman–Crippen MR) is 166 cm³/mol. The van der Waals surface area contributed by atoms with E-state index in [0.717, 1.165) is 69.3 Å². The normalized spacial score (nSPS) is 27.2. The van der Waals surface area contributed by atoms with Gasteiger partial charge in [0.15, 0.2) is 11.5 Å². The van der Waals surface area contributed by atoms with Gasteiger partial charge in [-0.3, -0.25) is 9.69 Å². The molecule has 2 bridgehead atoms. The van der Waals surface area contributed by atoms with Crippen molar-refractivity contribution in [2.75, 3.05) is 26.7 Å². The highest BCUT2D eigenvalue weighted by molar-refractivity contribution is 5.77. The maximum Gasteiger partial charge on any atom is 0.222 e. The van der Waals surface area contributed by atoms with Crippen molar-refractivity contribution in [3.05, 3.63) is 65.7 Å². The number of carbonyl (C=O) groups excluding carboxylic acids is 1. The van der Waals surface area contributed by atoms with Gasteiger partial charge in [-0.2, -0.15) is 0 Å². The van der Waals surface area contributed by atoms with Gasteiger partial charge in [-0.05, 0) is 69.9 Å². The molecule has 1 N–H and O–H groups in total. The fraction of sp³-hybridized carbons (Fsp3) is 0.583. The number of piperidine rings is 1. The van der Waals surface area contributed by atoms with E-state index in [1.807, 2.05) is 6.08 Å². The highest BCUT2D eigenvalue weighted by Gasteiger charge is 2.67. The summed E-state index contributed by atoms with van der Waals surface area (Å²) in [5, 5.41) is 11.2. The van der Waals surface area contributed by atoms with E-state index < -0.39 is 0 Å². The van der Waals surface area contributed by atoms with Gasteiger partial charge in [0.2, 0.25) is 5.91 Å². The molecule has 2 heterocycles. The number of amides is 1. The fourth-order valence-electron chi connectivity index (χ4n) is 9.03. The van der Waals surface area contributed by atoms with Gasteiger partial charge >= 0.3 is 0 Å². The number of likely N-dealkylation sites (N-methyl/N-ethyl adjacent to an activating group) is 1. The molecular weight excluding hydrogens is 524 g/mol. The largest absolute Gasteiger partial charge is 0.508 e. The first-order chi connectivity index (χ1) is 20.5. The van der Waals surface area contributed by atoms with Crippen LogP contribution < -0.4 is 9.47 Å². The third-order valence-corrected chi connectivity index (χ3v) is 10.8. The average molecular weight is 573 g/mol. The molecule has 2 aliphatic heterocycles. The predicted octanol–water partition coefficient (Wildman–Crippen LogP) is 6.43. The highest BCUT2D eigenvalue weighted by atomic mass is 16.5. The van der Waals surface area contributed by atoms with Gasteiger partial charge in [0.1, 0.15) is 11.9 Å². The summed E-state index contributed by atoms with van der Waals surface area (Å²) in [6.45, 7) is 8.66. The number of nitrogens with zero attached hydrogens (tertiary/aromatic N) is 2. The lowest BCUT2D eigenvalue weighted by atomic mass is 9.50. The van der Waals surface area contributed by atoms with Gasteiger partial charge in [0.05, 0.1) is 13.2 Å². The molecule has 1 saturated carbocycles. The highest BCUT2D eigenvalue weighted by Crippen LogP contribution is 2.65. The van der Waals surface area contributed by atoms with Crippen LogP contribution in [0.4, 0.5) is 0 Å². The Morgan fingerprint density at radius 2 is 1.98 bits per heavy atom. The summed E-state index contributed by atoms with van der Waals surface area (Å²) in [6, 6.07) is 12.8. The van der Waals surface area contributed by atoms with Gasteiger partial charge in [-0.1, -0.05) is 55.7 Å². The van der Waals surface area contributed by atoms with Crippen molar-refractivity contribution in [3.63, 3.8) is 0 Å². The van der Waals surface area contributed by atoms with Crippen molar-refractivity contribution in [2.45, 2.75) is 101 Å². The first-order valence-corrected chi connectivity index (χ1v) is 16.3. The van der Waals surface area contributed by atoms with Gasteiger partial charge in [0, 0.05) is 48.2 Å². The lowest BCUT2D eigenvalue weighted by Crippen LogP contribution is -2.69. The van der Waals surface area contributed by atoms with Gasteiger partial charge in [-0.15, -0.1) is 6.58 Å². The van der Waals surface area contributed by atoms with Crippen LogP contribution >= 0.6 is 0 Å². The molecule has 2 aromatic rings. The molecule has 0 aromatic heterocycles. The minimum absolute atomic E-state index is 0.0291. The third kappa shape index (κ3) is 4.90. The molecule has 6 rings (SSSR count). The molecule has 5 atom stereocenters. The quantitative estimate of drug-likeness (QED) is 0.222. The zero-order valence-corrected chi connectivity index (χ0v) is 25.5. The average Bonchev–Trinajstić information content (AvgIpc) is 3.35. The first kappa shape index (κ1) is 29.1. The molecule has 6 nitrogen and oxygen atoms in total. The summed E-state index contributed by atoms with van der Waals surface area (Å²) >= 11 is 0. The van der Waals surface area contributed by atoms with Crippen molar-refractivity contribution in [2.24, 2.45) is 5.92 Å². The molecule has 2 aliphatic carbocycles. The molecular formula is C36H48N2O4. The Morgan fingerprint density at radius 1 is 1.19 bits per heavy atom. The number of phenolic OH excluding ortho intramolecular Hbond substituents is 1. The lowest BCUT2D eigenvalue weighted by Gasteiger charge is -2.60. The first-order valence-electron chi connectivity index (χ1n) is 16.3. The Hall–Kier alpha value is -2.99. The minimum Gasteiger partial charge on any atom is -0.508 e. The Morgan fingerprint density at radius 3 is 2.74 bits per heavy atom. The number of carbonyl (C=O) groups is 1. The van der Waals surface area contributed by atoms with Crippen LogP contribution in [-0.2, 0) is 23.1 Å². The van der Waals surface area contributed by atoms with Crippen LogP contribution in [0.3, 0.4) is 0 Å². The van der Waals surface area contributed by atoms with E-state index in [1.54, 1.807) is 13.2 Å². The summed E-state index contributed by atoms with van der Waals surface area (Å²) in [7, 11) is 1.65. The standard InChI is InChI=1S/C36H48N2O4/c1-4-21-37-22-20-36-27-18-19-28(35(36)42-34-31(41-3)24-30(39)26(33(34)36)23-29(27)37)38(5-2)32(40)17-13-8-6-7-10-14-25-15-11-9-12-16-25/h4,9,11-12,15-16,24,27-29,35,39H,1,5-8,10,13-14,17-23H2,2-3H3/t27-,28+,29+,35-,36-/m0/s1. The molecule has 1 spiro atoms. The Balaban J connectivity index is 1.16. The van der Waals surface area contributed by atoms with Gasteiger partial charge in [-0.25, -0.2) is 0 Å². The monoisotopic (exact) mass is 572 g/mol. The number of hydrogen-bond acceptors (Lipinski definition) is 5. The van der Waals surface area contributed by atoms with Crippen LogP contribution in [0, 0.1) is 5.92 Å². The van der Waals surface area contributed by atoms with E-state index >= 15 is 0 Å². The van der Waals surface area contributed by atoms with Crippen LogP contribution in [0.15, 0.2) is 49.1 Å². The van der Waals surface area contributed by atoms with Crippen molar-refractivity contribution in [3.8, 4) is 17.2 Å². The fourth-order valence-corrected chi connectivity index (χ4v) is 9.03. The molecule has 1 saturated heterocycles. The van der Waals surface area contributed by atoms with E-state index in [2.05, 4.69) is 53.6 Å². The van der Waals surface area contributed by atoms with E-state index in [9.17, 15) is 9.90 Å². The van der Waals surface area contributed by atoms with Crippen LogP contribution in [0.1, 0.15) is 81.4 Å². The number of ether oxygens (including phenoxy) is 2. The molecule has 6 heteroatoms. The molecule has 2 fully saturated rings. The summed E-state index contributed by atoms with van der Waals surface area (Å²) in [5.74, 6) is 2.42. The second-order valence-electron chi connectivity index (χ2n) is 12.8. The molecule has 2 aromatic carbocycles. The number of phenols is 1. The summed E-state index contributed by atoms with van der Waals surface area (Å²) in [4.78, 5) is 18.4. The van der Waals surface area contributed by atoms with Crippen molar-refractivity contribution < 1.29 is 19.4 Å². The van der Waals surface area contributed by atoms with Gasteiger partial charge in [0.25, 0.3) is 0 Å². The summed E-state index contributed by atoms with van der Waals surface area (Å²) in [5.41, 5.74) is 3.40. The van der Waals surface area contributed by atoms with Crippen LogP contribution in [-0.4, -0.2) is 65.7 Å². The van der Waals surface area contributed by atoms with Crippen LogP contribution in [0.5, 0.6) is 17.2 Å². The maximum absolute atomic E-state index is 13.7. The smallest absolute Gasteiger partial charge is 0.222 e. The summed E-state index contributed by atoms with van der Waals surface area (Å²) in [6.07, 6.45) is 13.0. The summed E-state index contributed by atoms with van der Waals surface area (Å²) < 4.78 is 12.7. The third-order valence-electron chi connectivity index (χ3n) is 10.8. The molecule has 4 aliphatic rings. The van der Waals surface area contributed by atoms with E-state index in [1.165, 1.54) is 30.4 Å². The zero-order valence-electron chi connectivity index (χ0n) is 25.5. The number of likely N-dealkylation sites (tertiary alicyclic amines) is 1. The van der Waals surface area contributed by atoms with E-state index in [4.69, 9.17) is 9.47 Å². The number of benzene rings is 2. The maximum atomic E-state index is 13.7. The minimum atomic E-state index is -0.202. The number of aromatic hydroxyl groups is 1. The van der Waals surface area contributed by atoms with Crippen molar-refractivity contribution in [1.29, 1.82) is 0 Å². The number of unbranched alkanes of at least 4 members (excludes halogenated alkanes) is 4. The van der Waals surface area contributed by atoms with Gasteiger partial charge < -0.3 is 19.5 Å². The molecule has 42 heavy (non-hydrogen) atoms. The second kappa shape index (κ2) is 12.3. The zero-order chi connectivity index (χ0) is 29.3. The Labute approximate surface area is 251 Å². The molecule has 226 valence electrons. The number of aryl methyl sites for hydroxylation is 1. The number of rotatable bonds is 13. The van der Waals surface area contributed by atoms with Crippen LogP contribution in [0.25, 0.3) is 0 Å². The molecule has 1 amide bonds. The Bertz CT molecular complexity index is 1280. The number of methoxy groups -OCH3 is 1. The van der Waals surface area contributed by atoms with E-state index in [-0.39, 0.29) is 23.5 Å². The van der Waals surface area contributed by atoms with Crippen LogP contribution in [0.2, 0.25) is 0 Å².